The van der Waals surface area contributed by atoms with Gasteiger partial charge in [-0.2, -0.15) is 0 Å². The molecule has 2 aromatic heterocycles. The predicted octanol–water partition coefficient (Wildman–Crippen LogP) is 3.85. The van der Waals surface area contributed by atoms with E-state index >= 15 is 0 Å². The average molecular weight is 393 g/mol. The summed E-state index contributed by atoms with van der Waals surface area (Å²) in [6.45, 7) is 1.04. The number of aryl methyl sites for hydroxylation is 1. The molecule has 0 spiro atoms. The second kappa shape index (κ2) is 7.30. The summed E-state index contributed by atoms with van der Waals surface area (Å²) >= 11 is 1.59. The van der Waals surface area contributed by atoms with Crippen LogP contribution in [0.25, 0.3) is 10.9 Å². The number of aromatic nitrogens is 1. The van der Waals surface area contributed by atoms with Crippen LogP contribution in [0.1, 0.15) is 39.2 Å². The fourth-order valence-corrected chi connectivity index (χ4v) is 5.80. The molecule has 3 heterocycles. The Morgan fingerprint density at radius 2 is 2.04 bits per heavy atom. The molecule has 2 atom stereocenters. The number of β-amino-alcohol motifs (C(OH)–C–C–N with tert-alkyl or cyclic N) is 1. The van der Waals surface area contributed by atoms with Gasteiger partial charge in [-0.3, -0.25) is 9.78 Å². The molecule has 0 radical (unpaired) electrons. The maximum absolute atomic E-state index is 13.2. The molecule has 1 aliphatic heterocycles. The molecular formula is C23H24N2O2S. The van der Waals surface area contributed by atoms with E-state index in [2.05, 4.69) is 16.4 Å². The first-order valence-corrected chi connectivity index (χ1v) is 11.0. The lowest BCUT2D eigenvalue weighted by Gasteiger charge is -2.18. The summed E-state index contributed by atoms with van der Waals surface area (Å²) in [4.78, 5) is 20.3. The molecule has 3 aromatic rings. The lowest BCUT2D eigenvalue weighted by molar-refractivity contribution is 0.0768. The van der Waals surface area contributed by atoms with E-state index in [1.807, 2.05) is 35.4 Å². The summed E-state index contributed by atoms with van der Waals surface area (Å²) in [5, 5.41) is 14.0. The standard InChI is InChI=1S/C23H24N2O2S/c26-21-13-25(23(27)22-19-7-2-1-5-16(19)14-28-22)12-17(21)11-15-9-10-24-20-8-4-3-6-18(15)20/h3-4,6,8-10,14,17,21,26H,1-2,5,7,11-13H2/t17-,21+/m1/s1. The Kier molecular flexibility index (Phi) is 4.65. The molecule has 0 saturated carbocycles. The molecule has 144 valence electrons. The molecule has 1 aliphatic carbocycles. The highest BCUT2D eigenvalue weighted by molar-refractivity contribution is 7.12. The van der Waals surface area contributed by atoms with Gasteiger partial charge in [0, 0.05) is 30.6 Å². The number of hydrogen-bond acceptors (Lipinski definition) is 4. The van der Waals surface area contributed by atoms with E-state index < -0.39 is 6.10 Å². The summed E-state index contributed by atoms with van der Waals surface area (Å²) in [5.74, 6) is 0.167. The maximum Gasteiger partial charge on any atom is 0.264 e. The van der Waals surface area contributed by atoms with E-state index in [1.165, 1.54) is 29.5 Å². The molecule has 0 unspecified atom stereocenters. The molecule has 4 nitrogen and oxygen atoms in total. The molecule has 5 heteroatoms. The van der Waals surface area contributed by atoms with E-state index in [1.54, 1.807) is 11.3 Å². The first-order valence-electron chi connectivity index (χ1n) is 10.1. The van der Waals surface area contributed by atoms with Gasteiger partial charge in [-0.05, 0) is 66.3 Å². The second-order valence-electron chi connectivity index (χ2n) is 8.00. The monoisotopic (exact) mass is 392 g/mol. The number of carbonyl (C=O) groups excluding carboxylic acids is 1. The van der Waals surface area contributed by atoms with Gasteiger partial charge in [-0.15, -0.1) is 11.3 Å². The van der Waals surface area contributed by atoms with E-state index in [4.69, 9.17) is 0 Å². The number of aliphatic hydroxyl groups excluding tert-OH is 1. The van der Waals surface area contributed by atoms with Gasteiger partial charge >= 0.3 is 0 Å². The van der Waals surface area contributed by atoms with E-state index in [0.29, 0.717) is 13.1 Å². The van der Waals surface area contributed by atoms with Gasteiger partial charge in [-0.1, -0.05) is 18.2 Å². The zero-order chi connectivity index (χ0) is 19.1. The number of aliphatic hydroxyl groups is 1. The first-order chi connectivity index (χ1) is 13.7. The van der Waals surface area contributed by atoms with Gasteiger partial charge in [0.05, 0.1) is 16.5 Å². The fourth-order valence-electron chi connectivity index (χ4n) is 4.68. The Bertz CT molecular complexity index is 1020. The summed E-state index contributed by atoms with van der Waals surface area (Å²) in [7, 11) is 0. The minimum atomic E-state index is -0.480. The van der Waals surface area contributed by atoms with Crippen molar-refractivity contribution < 1.29 is 9.90 Å². The van der Waals surface area contributed by atoms with E-state index in [0.717, 1.165) is 35.0 Å². The highest BCUT2D eigenvalue weighted by Gasteiger charge is 2.36. The molecular weight excluding hydrogens is 368 g/mol. The summed E-state index contributed by atoms with van der Waals surface area (Å²) in [5.41, 5.74) is 4.79. The van der Waals surface area contributed by atoms with Crippen LogP contribution in [0.5, 0.6) is 0 Å². The average Bonchev–Trinajstić information content (AvgIpc) is 3.32. The quantitative estimate of drug-likeness (QED) is 0.737. The largest absolute Gasteiger partial charge is 0.391 e. The topological polar surface area (TPSA) is 53.4 Å². The predicted molar refractivity (Wildman–Crippen MR) is 112 cm³/mol. The van der Waals surface area contributed by atoms with Crippen molar-refractivity contribution in [2.45, 2.75) is 38.2 Å². The van der Waals surface area contributed by atoms with E-state index in [-0.39, 0.29) is 11.8 Å². The number of benzene rings is 1. The fraction of sp³-hybridized carbons (Fsp3) is 0.391. The molecule has 1 fully saturated rings. The summed E-state index contributed by atoms with van der Waals surface area (Å²) < 4.78 is 0. The molecule has 2 aliphatic rings. The first kappa shape index (κ1) is 17.8. The number of para-hydroxylation sites is 1. The summed E-state index contributed by atoms with van der Waals surface area (Å²) in [6, 6.07) is 10.1. The zero-order valence-electron chi connectivity index (χ0n) is 15.8. The van der Waals surface area contributed by atoms with Crippen LogP contribution in [0.4, 0.5) is 0 Å². The Labute approximate surface area is 168 Å². The molecule has 28 heavy (non-hydrogen) atoms. The Morgan fingerprint density at radius 1 is 1.18 bits per heavy atom. The minimum absolute atomic E-state index is 0.0607. The normalized spacial score (nSPS) is 21.8. The van der Waals surface area contributed by atoms with Crippen LogP contribution in [-0.4, -0.2) is 40.1 Å². The number of likely N-dealkylation sites (tertiary alicyclic amines) is 1. The van der Waals surface area contributed by atoms with Crippen LogP contribution in [0, 0.1) is 5.92 Å². The number of pyridine rings is 1. The number of carbonyl (C=O) groups is 1. The van der Waals surface area contributed by atoms with Gasteiger partial charge in [0.1, 0.15) is 0 Å². The van der Waals surface area contributed by atoms with Crippen molar-refractivity contribution in [3.05, 3.63) is 63.5 Å². The van der Waals surface area contributed by atoms with Gasteiger partial charge in [-0.25, -0.2) is 0 Å². The van der Waals surface area contributed by atoms with Crippen molar-refractivity contribution >= 4 is 28.1 Å². The van der Waals surface area contributed by atoms with Crippen LogP contribution in [-0.2, 0) is 19.3 Å². The van der Waals surface area contributed by atoms with Crippen LogP contribution in [0.3, 0.4) is 0 Å². The molecule has 1 N–H and O–H groups in total. The van der Waals surface area contributed by atoms with Crippen molar-refractivity contribution in [2.24, 2.45) is 5.92 Å². The Morgan fingerprint density at radius 3 is 2.96 bits per heavy atom. The molecule has 1 aromatic carbocycles. The van der Waals surface area contributed by atoms with Gasteiger partial charge < -0.3 is 10.0 Å². The number of hydrogen-bond donors (Lipinski definition) is 1. The van der Waals surface area contributed by atoms with E-state index in [9.17, 15) is 9.90 Å². The summed E-state index contributed by atoms with van der Waals surface area (Å²) in [6.07, 6.45) is 6.62. The SMILES string of the molecule is O=C(c1scc2c1CCCC2)N1C[C@@H](Cc2ccnc3ccccc23)[C@@H](O)C1. The number of nitrogens with zero attached hydrogens (tertiary/aromatic N) is 2. The van der Waals surface area contributed by atoms with Crippen LogP contribution < -0.4 is 0 Å². The van der Waals surface area contributed by atoms with Crippen LogP contribution in [0.2, 0.25) is 0 Å². The second-order valence-corrected chi connectivity index (χ2v) is 8.88. The van der Waals surface area contributed by atoms with Crippen molar-refractivity contribution in [1.82, 2.24) is 9.88 Å². The number of fused-ring (bicyclic) bond motifs is 2. The molecule has 1 amide bonds. The third-order valence-electron chi connectivity index (χ3n) is 6.21. The molecule has 0 bridgehead atoms. The van der Waals surface area contributed by atoms with Crippen molar-refractivity contribution in [2.75, 3.05) is 13.1 Å². The number of amides is 1. The Balaban J connectivity index is 1.35. The molecule has 5 rings (SSSR count). The number of thiophene rings is 1. The third kappa shape index (κ3) is 3.12. The zero-order valence-corrected chi connectivity index (χ0v) is 16.6. The van der Waals surface area contributed by atoms with Crippen LogP contribution in [0.15, 0.2) is 41.9 Å². The van der Waals surface area contributed by atoms with Gasteiger partial charge in [0.15, 0.2) is 0 Å². The lowest BCUT2D eigenvalue weighted by atomic mass is 9.93. The van der Waals surface area contributed by atoms with Gasteiger partial charge in [0.2, 0.25) is 0 Å². The van der Waals surface area contributed by atoms with Crippen molar-refractivity contribution in [3.63, 3.8) is 0 Å². The Hall–Kier alpha value is -2.24. The minimum Gasteiger partial charge on any atom is -0.391 e. The smallest absolute Gasteiger partial charge is 0.264 e. The maximum atomic E-state index is 13.2. The van der Waals surface area contributed by atoms with Crippen LogP contribution >= 0.6 is 11.3 Å². The van der Waals surface area contributed by atoms with Crippen molar-refractivity contribution in [1.29, 1.82) is 0 Å². The van der Waals surface area contributed by atoms with Gasteiger partial charge in [0.25, 0.3) is 5.91 Å². The highest BCUT2D eigenvalue weighted by atomic mass is 32.1. The third-order valence-corrected chi connectivity index (χ3v) is 7.27. The lowest BCUT2D eigenvalue weighted by Crippen LogP contribution is -2.30. The van der Waals surface area contributed by atoms with Crippen molar-refractivity contribution in [3.8, 4) is 0 Å². The molecule has 1 saturated heterocycles. The highest BCUT2D eigenvalue weighted by Crippen LogP contribution is 2.33. The number of rotatable bonds is 3.